The number of carbonyl (C=O) groups excluding carboxylic acids is 3. The van der Waals surface area contributed by atoms with Gasteiger partial charge in [0.25, 0.3) is 0 Å². The molecule has 1 spiro atoms. The monoisotopic (exact) mass is 729 g/mol. The lowest BCUT2D eigenvalue weighted by Gasteiger charge is -2.38. The molecule has 2 aliphatic rings. The number of Topliss-reactive ketones (excluding diaryl/α,β-unsaturated/α-hetero) is 2. The summed E-state index contributed by atoms with van der Waals surface area (Å²) >= 11 is 9.78. The quantitative estimate of drug-likeness (QED) is 0.173. The van der Waals surface area contributed by atoms with E-state index in [1.807, 2.05) is 50.6 Å². The van der Waals surface area contributed by atoms with Crippen molar-refractivity contribution in [2.75, 3.05) is 32.5 Å². The van der Waals surface area contributed by atoms with Crippen molar-refractivity contribution in [3.63, 3.8) is 0 Å². The molecule has 4 atom stereocenters. The molecule has 0 bridgehead atoms. The van der Waals surface area contributed by atoms with Crippen LogP contribution >= 0.6 is 35.1 Å². The largest absolute Gasteiger partial charge is 0.507 e. The van der Waals surface area contributed by atoms with Gasteiger partial charge in [-0.15, -0.1) is 11.8 Å². The molecule has 1 aromatic heterocycles. The molecule has 262 valence electrons. The van der Waals surface area contributed by atoms with Gasteiger partial charge in [-0.05, 0) is 42.4 Å². The standard InChI is InChI=1S/C35H40ClN3O8S2/c1-17(2)33-38-34(47-39-33)22(12-13-48-6)37-26(41)15-21(19-8-10-20(49-7)11-9-19)27-23(40)14-18(3)35(31(27)42)32(43)28-24(44-4)16-25(45-5)29(36)30(28)46-35/h8-11,16-18,21-22,42H,12-15H2,1-7H3,(H,37,41). The molecule has 11 nitrogen and oxygen atoms in total. The third kappa shape index (κ3) is 6.77. The van der Waals surface area contributed by atoms with Gasteiger partial charge in [0.05, 0.1) is 14.2 Å². The first-order valence-electron chi connectivity index (χ1n) is 15.8. The van der Waals surface area contributed by atoms with Crippen molar-refractivity contribution in [2.24, 2.45) is 5.92 Å². The Kier molecular flexibility index (Phi) is 11.2. The van der Waals surface area contributed by atoms with Gasteiger partial charge in [-0.3, -0.25) is 14.4 Å². The van der Waals surface area contributed by atoms with Crippen LogP contribution in [0.3, 0.4) is 0 Å². The number of carbonyl (C=O) groups is 3. The lowest BCUT2D eigenvalue weighted by molar-refractivity contribution is -0.122. The Bertz CT molecular complexity index is 1780. The van der Waals surface area contributed by atoms with E-state index >= 15 is 0 Å². The number of aliphatic hydroxyl groups is 1. The molecule has 1 aliphatic carbocycles. The van der Waals surface area contributed by atoms with E-state index in [0.29, 0.717) is 29.5 Å². The molecule has 14 heteroatoms. The van der Waals surface area contributed by atoms with E-state index in [1.165, 1.54) is 20.3 Å². The highest BCUT2D eigenvalue weighted by molar-refractivity contribution is 7.98. The zero-order valence-corrected chi connectivity index (χ0v) is 30.8. The summed E-state index contributed by atoms with van der Waals surface area (Å²) in [6.07, 6.45) is 4.07. The highest BCUT2D eigenvalue weighted by Crippen LogP contribution is 2.55. The molecule has 3 aromatic rings. The van der Waals surface area contributed by atoms with Crippen molar-refractivity contribution in [1.82, 2.24) is 15.5 Å². The second-order valence-electron chi connectivity index (χ2n) is 12.3. The second-order valence-corrected chi connectivity index (χ2v) is 14.6. The predicted octanol–water partition coefficient (Wildman–Crippen LogP) is 7.10. The fourth-order valence-corrected chi connectivity index (χ4v) is 7.46. The van der Waals surface area contributed by atoms with Gasteiger partial charge >= 0.3 is 0 Å². The van der Waals surface area contributed by atoms with E-state index in [0.717, 1.165) is 4.90 Å². The molecule has 49 heavy (non-hydrogen) atoms. The Balaban J connectivity index is 1.59. The van der Waals surface area contributed by atoms with Crippen LogP contribution in [-0.2, 0) is 9.59 Å². The predicted molar refractivity (Wildman–Crippen MR) is 189 cm³/mol. The fourth-order valence-electron chi connectivity index (χ4n) is 6.32. The topological polar surface area (TPSA) is 150 Å². The number of methoxy groups -OCH3 is 2. The van der Waals surface area contributed by atoms with Gasteiger partial charge in [0.2, 0.25) is 23.2 Å². The second kappa shape index (κ2) is 15.1. The van der Waals surface area contributed by atoms with E-state index in [9.17, 15) is 19.5 Å². The first-order valence-corrected chi connectivity index (χ1v) is 18.8. The van der Waals surface area contributed by atoms with E-state index in [4.69, 9.17) is 30.3 Å². The minimum atomic E-state index is -1.99. The third-order valence-electron chi connectivity index (χ3n) is 8.99. The normalized spacial score (nSPS) is 20.0. The van der Waals surface area contributed by atoms with E-state index in [2.05, 4.69) is 15.5 Å². The number of aromatic nitrogens is 2. The number of hydrogen-bond acceptors (Lipinski definition) is 12. The maximum absolute atomic E-state index is 14.4. The number of rotatable bonds is 13. The Morgan fingerprint density at radius 3 is 2.45 bits per heavy atom. The highest BCUT2D eigenvalue weighted by Gasteiger charge is 2.61. The Morgan fingerprint density at radius 1 is 1.16 bits per heavy atom. The number of hydrogen-bond donors (Lipinski definition) is 2. The zero-order valence-electron chi connectivity index (χ0n) is 28.4. The molecule has 2 aromatic carbocycles. The highest BCUT2D eigenvalue weighted by atomic mass is 35.5. The summed E-state index contributed by atoms with van der Waals surface area (Å²) < 4.78 is 22.8. The molecular formula is C35H40ClN3O8S2. The van der Waals surface area contributed by atoms with Gasteiger partial charge in [0, 0.05) is 47.1 Å². The fraction of sp³-hybridized carbons (Fsp3) is 0.457. The maximum Gasteiger partial charge on any atom is 0.249 e. The Hall–Kier alpha value is -3.68. The SMILES string of the molecule is COc1cc(OC)c2c(c1Cl)OC1(C2=O)C(O)=C(C(CC(=O)NC(CCSC)c2nc(C(C)C)no2)c2ccc(SC)cc2)C(=O)CC1C. The van der Waals surface area contributed by atoms with Crippen molar-refractivity contribution >= 4 is 52.6 Å². The molecular weight excluding hydrogens is 690 g/mol. The molecule has 0 radical (unpaired) electrons. The number of amides is 1. The Morgan fingerprint density at radius 2 is 1.86 bits per heavy atom. The molecule has 5 rings (SSSR count). The van der Waals surface area contributed by atoms with Crippen molar-refractivity contribution in [1.29, 1.82) is 0 Å². The first kappa shape index (κ1) is 36.6. The van der Waals surface area contributed by atoms with E-state index in [-0.39, 0.29) is 52.2 Å². The first-order chi connectivity index (χ1) is 23.4. The van der Waals surface area contributed by atoms with Crippen molar-refractivity contribution in [3.05, 3.63) is 69.5 Å². The van der Waals surface area contributed by atoms with Crippen LogP contribution < -0.4 is 19.5 Å². The van der Waals surface area contributed by atoms with Gasteiger partial charge < -0.3 is 29.2 Å². The number of benzene rings is 2. The van der Waals surface area contributed by atoms with E-state index < -0.39 is 46.7 Å². The maximum atomic E-state index is 14.4. The number of nitrogens with zero attached hydrogens (tertiary/aromatic N) is 2. The molecule has 1 aliphatic heterocycles. The van der Waals surface area contributed by atoms with Crippen LogP contribution in [0.25, 0.3) is 0 Å². The molecule has 4 unspecified atom stereocenters. The van der Waals surface area contributed by atoms with Gasteiger partial charge in [-0.25, -0.2) is 0 Å². The Labute approximate surface area is 298 Å². The number of halogens is 1. The smallest absolute Gasteiger partial charge is 0.249 e. The van der Waals surface area contributed by atoms with E-state index in [1.54, 1.807) is 30.4 Å². The number of fused-ring (bicyclic) bond motifs is 1. The van der Waals surface area contributed by atoms with Crippen molar-refractivity contribution in [3.8, 4) is 17.2 Å². The summed E-state index contributed by atoms with van der Waals surface area (Å²) in [6, 6.07) is 8.29. The number of aliphatic hydroxyl groups excluding tert-OH is 1. The van der Waals surface area contributed by atoms with Crippen LogP contribution in [0.4, 0.5) is 0 Å². The summed E-state index contributed by atoms with van der Waals surface area (Å²) in [5, 5.41) is 19.3. The number of ether oxygens (including phenoxy) is 3. The minimum Gasteiger partial charge on any atom is -0.507 e. The van der Waals surface area contributed by atoms with Crippen LogP contribution in [0, 0.1) is 5.92 Å². The van der Waals surface area contributed by atoms with Gasteiger partial charge in [-0.1, -0.05) is 49.7 Å². The van der Waals surface area contributed by atoms with Gasteiger partial charge in [0.15, 0.2) is 23.1 Å². The number of allylic oxidation sites excluding steroid dienone is 1. The molecule has 2 N–H and O–H groups in total. The van der Waals surface area contributed by atoms with Crippen LogP contribution in [0.5, 0.6) is 17.2 Å². The van der Waals surface area contributed by atoms with Gasteiger partial charge in [0.1, 0.15) is 28.1 Å². The lowest BCUT2D eigenvalue weighted by Crippen LogP contribution is -2.53. The summed E-state index contributed by atoms with van der Waals surface area (Å²) in [6.45, 7) is 5.56. The van der Waals surface area contributed by atoms with Gasteiger partial charge in [-0.2, -0.15) is 16.7 Å². The lowest BCUT2D eigenvalue weighted by atomic mass is 9.69. The minimum absolute atomic E-state index is 0.00876. The van der Waals surface area contributed by atoms with Crippen LogP contribution in [0.2, 0.25) is 5.02 Å². The number of thioether (sulfide) groups is 2. The van der Waals surface area contributed by atoms with Crippen LogP contribution in [-0.4, -0.2) is 70.8 Å². The third-order valence-corrected chi connectivity index (χ3v) is 10.7. The summed E-state index contributed by atoms with van der Waals surface area (Å²) in [4.78, 5) is 47.8. The molecule has 0 fully saturated rings. The van der Waals surface area contributed by atoms with Crippen LogP contribution in [0.15, 0.2) is 51.1 Å². The summed E-state index contributed by atoms with van der Waals surface area (Å²) in [7, 11) is 2.82. The number of nitrogens with one attached hydrogen (secondary N) is 1. The molecule has 0 saturated heterocycles. The van der Waals surface area contributed by atoms with Crippen molar-refractivity contribution < 1.29 is 38.2 Å². The van der Waals surface area contributed by atoms with Crippen molar-refractivity contribution in [2.45, 2.75) is 68.4 Å². The molecule has 0 saturated carbocycles. The molecule has 1 amide bonds. The zero-order chi connectivity index (χ0) is 35.6. The number of ketones is 2. The summed E-state index contributed by atoms with van der Waals surface area (Å²) in [5.41, 5.74) is -1.42. The summed E-state index contributed by atoms with van der Waals surface area (Å²) in [5.74, 6) is -1.76. The average molecular weight is 730 g/mol. The average Bonchev–Trinajstić information content (AvgIpc) is 3.70. The van der Waals surface area contributed by atoms with Crippen LogP contribution in [0.1, 0.15) is 85.5 Å². The molecule has 2 heterocycles.